The van der Waals surface area contributed by atoms with Crippen molar-refractivity contribution in [3.8, 4) is 22.9 Å². The van der Waals surface area contributed by atoms with Gasteiger partial charge in [0.1, 0.15) is 19.8 Å². The lowest BCUT2D eigenvalue weighted by Gasteiger charge is -2.24. The van der Waals surface area contributed by atoms with Gasteiger partial charge < -0.3 is 29.2 Å². The number of nitrogens with two attached hydrogens (primary N) is 1. The highest BCUT2D eigenvalue weighted by Gasteiger charge is 2.35. The van der Waals surface area contributed by atoms with E-state index in [-0.39, 0.29) is 18.7 Å². The number of aromatic nitrogens is 2. The average Bonchev–Trinajstić information content (AvgIpc) is 3.14. The zero-order valence-electron chi connectivity index (χ0n) is 16.8. The van der Waals surface area contributed by atoms with E-state index >= 15 is 0 Å². The number of rotatable bonds is 2. The third kappa shape index (κ3) is 2.47. The summed E-state index contributed by atoms with van der Waals surface area (Å²) >= 11 is 0. The van der Waals surface area contributed by atoms with E-state index in [2.05, 4.69) is 0 Å². The van der Waals surface area contributed by atoms with Crippen molar-refractivity contribution in [3.05, 3.63) is 50.8 Å². The van der Waals surface area contributed by atoms with E-state index in [1.54, 1.807) is 4.57 Å². The number of ether oxygens (including phenoxy) is 4. The van der Waals surface area contributed by atoms with Crippen LogP contribution in [0.3, 0.4) is 0 Å². The van der Waals surface area contributed by atoms with Gasteiger partial charge in [-0.15, -0.1) is 0 Å². The Morgan fingerprint density at radius 1 is 1.13 bits per heavy atom. The second kappa shape index (κ2) is 6.53. The van der Waals surface area contributed by atoms with Crippen molar-refractivity contribution >= 4 is 16.9 Å². The van der Waals surface area contributed by atoms with E-state index in [1.165, 1.54) is 7.11 Å². The van der Waals surface area contributed by atoms with Gasteiger partial charge in [0.2, 0.25) is 0 Å². The molecule has 2 aromatic heterocycles. The SMILES string of the molecule is COC1C(=O)OCc2c1cc1n(c2=O)Cc2c-1nc1cc3c(cc1c2CN)OCCO3. The van der Waals surface area contributed by atoms with Gasteiger partial charge in [-0.3, -0.25) is 4.79 Å². The van der Waals surface area contributed by atoms with Crippen LogP contribution in [0.4, 0.5) is 0 Å². The molecule has 0 aliphatic carbocycles. The highest BCUT2D eigenvalue weighted by Crippen LogP contribution is 2.41. The Morgan fingerprint density at radius 3 is 2.65 bits per heavy atom. The lowest BCUT2D eigenvalue weighted by molar-refractivity contribution is -0.159. The average molecular weight is 421 g/mol. The van der Waals surface area contributed by atoms with Gasteiger partial charge in [0.05, 0.1) is 29.0 Å². The number of benzene rings is 1. The summed E-state index contributed by atoms with van der Waals surface area (Å²) in [6.45, 7) is 1.54. The number of methoxy groups -OCH3 is 1. The molecule has 0 saturated carbocycles. The molecular weight excluding hydrogens is 402 g/mol. The summed E-state index contributed by atoms with van der Waals surface area (Å²) in [5, 5.41) is 0.879. The van der Waals surface area contributed by atoms with Crippen LogP contribution in [0.15, 0.2) is 23.0 Å². The molecule has 3 aliphatic heterocycles. The molecule has 0 radical (unpaired) electrons. The Kier molecular flexibility index (Phi) is 3.87. The van der Waals surface area contributed by atoms with Gasteiger partial charge in [-0.05, 0) is 17.7 Å². The summed E-state index contributed by atoms with van der Waals surface area (Å²) < 4.78 is 23.6. The topological polar surface area (TPSA) is 115 Å². The van der Waals surface area contributed by atoms with Crippen molar-refractivity contribution in [2.24, 2.45) is 5.73 Å². The zero-order valence-corrected chi connectivity index (χ0v) is 16.8. The first-order chi connectivity index (χ1) is 15.1. The van der Waals surface area contributed by atoms with E-state index in [9.17, 15) is 9.59 Å². The Hall–Kier alpha value is -3.43. The number of carbonyl (C=O) groups excluding carboxylic acids is 1. The van der Waals surface area contributed by atoms with Crippen LogP contribution < -0.4 is 20.8 Å². The smallest absolute Gasteiger partial charge is 0.340 e. The Labute approximate surface area is 176 Å². The van der Waals surface area contributed by atoms with Crippen LogP contribution in [0.25, 0.3) is 22.3 Å². The zero-order chi connectivity index (χ0) is 21.3. The number of esters is 1. The highest BCUT2D eigenvalue weighted by molar-refractivity contribution is 5.91. The van der Waals surface area contributed by atoms with Crippen molar-refractivity contribution in [1.82, 2.24) is 9.55 Å². The molecule has 1 atom stereocenters. The molecular formula is C22H19N3O6. The fourth-order valence-corrected chi connectivity index (χ4v) is 4.69. The standard InChI is InChI=1S/C22H19N3O6/c1-28-20-11-4-16-19-13(8-25(16)21(26)14(11)9-31-22(20)27)12(7-23)10-5-17-18(6-15(10)24-19)30-3-2-29-17/h4-6,20H,2-3,7-9,23H2,1H3. The molecule has 0 bridgehead atoms. The Bertz CT molecular complexity index is 1350. The fourth-order valence-electron chi connectivity index (χ4n) is 4.69. The second-order valence-corrected chi connectivity index (χ2v) is 7.71. The van der Waals surface area contributed by atoms with E-state index < -0.39 is 12.1 Å². The van der Waals surface area contributed by atoms with E-state index in [1.807, 2.05) is 18.2 Å². The highest BCUT2D eigenvalue weighted by atomic mass is 16.6. The number of hydrogen-bond acceptors (Lipinski definition) is 8. The molecule has 0 spiro atoms. The lowest BCUT2D eigenvalue weighted by Crippen LogP contribution is -2.33. The minimum Gasteiger partial charge on any atom is -0.486 e. The first-order valence-corrected chi connectivity index (χ1v) is 10.0. The van der Waals surface area contributed by atoms with Gasteiger partial charge >= 0.3 is 5.97 Å². The van der Waals surface area contributed by atoms with Crippen LogP contribution in [-0.2, 0) is 34.0 Å². The Balaban J connectivity index is 1.62. The molecule has 1 aromatic carbocycles. The molecule has 3 aliphatic rings. The molecule has 158 valence electrons. The van der Waals surface area contributed by atoms with Gasteiger partial charge in [-0.1, -0.05) is 0 Å². The van der Waals surface area contributed by atoms with Gasteiger partial charge in [-0.25, -0.2) is 9.78 Å². The third-order valence-electron chi connectivity index (χ3n) is 6.16. The molecule has 2 N–H and O–H groups in total. The summed E-state index contributed by atoms with van der Waals surface area (Å²) in [5.41, 5.74) is 10.7. The van der Waals surface area contributed by atoms with Crippen molar-refractivity contribution in [2.45, 2.75) is 25.8 Å². The van der Waals surface area contributed by atoms with Crippen LogP contribution in [0.2, 0.25) is 0 Å². The first-order valence-electron chi connectivity index (χ1n) is 10.0. The van der Waals surface area contributed by atoms with Crippen LogP contribution in [-0.4, -0.2) is 35.8 Å². The molecule has 9 heteroatoms. The lowest BCUT2D eigenvalue weighted by atomic mass is 9.98. The molecule has 0 saturated heterocycles. The number of hydrogen-bond donors (Lipinski definition) is 1. The first kappa shape index (κ1) is 18.3. The van der Waals surface area contributed by atoms with Crippen molar-refractivity contribution < 1.29 is 23.7 Å². The Morgan fingerprint density at radius 2 is 1.90 bits per heavy atom. The third-order valence-corrected chi connectivity index (χ3v) is 6.16. The second-order valence-electron chi connectivity index (χ2n) is 7.71. The molecule has 0 amide bonds. The van der Waals surface area contributed by atoms with E-state index in [0.29, 0.717) is 59.3 Å². The number of fused-ring (bicyclic) bond motifs is 6. The maximum atomic E-state index is 13.3. The number of nitrogens with zero attached hydrogens (tertiary/aromatic N) is 2. The minimum absolute atomic E-state index is 0.0654. The summed E-state index contributed by atoms with van der Waals surface area (Å²) in [6, 6.07) is 5.57. The molecule has 31 heavy (non-hydrogen) atoms. The molecule has 9 nitrogen and oxygen atoms in total. The maximum Gasteiger partial charge on any atom is 0.340 e. The van der Waals surface area contributed by atoms with Crippen LogP contribution in [0.1, 0.15) is 28.4 Å². The predicted octanol–water partition coefficient (Wildman–Crippen LogP) is 1.40. The number of carbonyl (C=O) groups is 1. The molecule has 0 fully saturated rings. The van der Waals surface area contributed by atoms with Crippen molar-refractivity contribution in [3.63, 3.8) is 0 Å². The predicted molar refractivity (Wildman–Crippen MR) is 109 cm³/mol. The minimum atomic E-state index is -0.932. The summed E-state index contributed by atoms with van der Waals surface area (Å²) in [6.07, 6.45) is -0.932. The monoisotopic (exact) mass is 421 g/mol. The van der Waals surface area contributed by atoms with Gasteiger partial charge in [-0.2, -0.15) is 0 Å². The van der Waals surface area contributed by atoms with Crippen LogP contribution >= 0.6 is 0 Å². The molecule has 5 heterocycles. The van der Waals surface area contributed by atoms with E-state index in [4.69, 9.17) is 29.7 Å². The largest absolute Gasteiger partial charge is 0.486 e. The quantitative estimate of drug-likeness (QED) is 0.483. The van der Waals surface area contributed by atoms with Gasteiger partial charge in [0.25, 0.3) is 5.56 Å². The molecule has 6 rings (SSSR count). The van der Waals surface area contributed by atoms with Crippen molar-refractivity contribution in [2.75, 3.05) is 20.3 Å². The molecule has 1 unspecified atom stereocenters. The normalized spacial score (nSPS) is 18.4. The van der Waals surface area contributed by atoms with Crippen molar-refractivity contribution in [1.29, 1.82) is 0 Å². The maximum absolute atomic E-state index is 13.3. The van der Waals surface area contributed by atoms with Crippen LogP contribution in [0.5, 0.6) is 11.5 Å². The summed E-state index contributed by atoms with van der Waals surface area (Å²) in [7, 11) is 1.42. The van der Waals surface area contributed by atoms with E-state index in [0.717, 1.165) is 16.5 Å². The number of pyridine rings is 2. The summed E-state index contributed by atoms with van der Waals surface area (Å²) in [5.74, 6) is 0.796. The summed E-state index contributed by atoms with van der Waals surface area (Å²) in [4.78, 5) is 30.3. The van der Waals surface area contributed by atoms with Gasteiger partial charge in [0, 0.05) is 36.2 Å². The number of cyclic esters (lactones) is 1. The van der Waals surface area contributed by atoms with Gasteiger partial charge in [0.15, 0.2) is 17.6 Å². The molecule has 3 aromatic rings. The fraction of sp³-hybridized carbons (Fsp3) is 0.318. The van der Waals surface area contributed by atoms with Crippen LogP contribution in [0, 0.1) is 0 Å².